The standard InChI is InChI=1S/C7H6BrN3O/c1-2-3-12-6-4-5(8)10-7(9)11-6/h1,4H,3H2,(H2,9,10,11). The van der Waals surface area contributed by atoms with Crippen LogP contribution in [0, 0.1) is 12.3 Å². The van der Waals surface area contributed by atoms with Crippen LogP contribution in [0.3, 0.4) is 0 Å². The van der Waals surface area contributed by atoms with E-state index in [4.69, 9.17) is 16.9 Å². The van der Waals surface area contributed by atoms with E-state index in [1.54, 1.807) is 6.07 Å². The number of aromatic nitrogens is 2. The summed E-state index contributed by atoms with van der Waals surface area (Å²) in [5, 5.41) is 0. The van der Waals surface area contributed by atoms with E-state index in [-0.39, 0.29) is 12.6 Å². The van der Waals surface area contributed by atoms with Crippen LogP contribution in [-0.2, 0) is 0 Å². The molecule has 0 amide bonds. The van der Waals surface area contributed by atoms with Crippen molar-refractivity contribution >= 4 is 21.9 Å². The van der Waals surface area contributed by atoms with Gasteiger partial charge in [-0.15, -0.1) is 6.42 Å². The van der Waals surface area contributed by atoms with E-state index in [2.05, 4.69) is 31.8 Å². The summed E-state index contributed by atoms with van der Waals surface area (Å²) in [7, 11) is 0. The Hall–Kier alpha value is -1.28. The molecule has 0 saturated carbocycles. The third kappa shape index (κ3) is 2.40. The summed E-state index contributed by atoms with van der Waals surface area (Å²) in [5.74, 6) is 2.83. The van der Waals surface area contributed by atoms with Gasteiger partial charge in [0.05, 0.1) is 0 Å². The Bertz CT molecular complexity index is 301. The molecule has 1 aromatic heterocycles. The molecule has 2 N–H and O–H groups in total. The summed E-state index contributed by atoms with van der Waals surface area (Å²) in [4.78, 5) is 7.58. The Morgan fingerprint density at radius 3 is 3.00 bits per heavy atom. The van der Waals surface area contributed by atoms with Crippen molar-refractivity contribution < 1.29 is 4.74 Å². The minimum Gasteiger partial charge on any atom is -0.464 e. The van der Waals surface area contributed by atoms with E-state index in [0.717, 1.165) is 0 Å². The lowest BCUT2D eigenvalue weighted by Crippen LogP contribution is -2.00. The molecule has 1 aromatic rings. The maximum absolute atomic E-state index is 5.35. The van der Waals surface area contributed by atoms with Gasteiger partial charge in [0.25, 0.3) is 0 Å². The van der Waals surface area contributed by atoms with Crippen LogP contribution in [0.4, 0.5) is 5.95 Å². The number of nitrogens with zero attached hydrogens (tertiary/aromatic N) is 2. The Morgan fingerprint density at radius 2 is 2.42 bits per heavy atom. The highest BCUT2D eigenvalue weighted by Gasteiger charge is 1.99. The first-order valence-corrected chi connectivity index (χ1v) is 3.88. The molecule has 12 heavy (non-hydrogen) atoms. The van der Waals surface area contributed by atoms with Crippen molar-refractivity contribution in [2.45, 2.75) is 0 Å². The second-order valence-corrected chi connectivity index (χ2v) is 2.69. The molecule has 0 aliphatic carbocycles. The number of anilines is 1. The monoisotopic (exact) mass is 227 g/mol. The van der Waals surface area contributed by atoms with Gasteiger partial charge in [-0.25, -0.2) is 4.98 Å². The molecule has 1 heterocycles. The Balaban J connectivity index is 2.80. The molecule has 0 saturated heterocycles. The van der Waals surface area contributed by atoms with Gasteiger partial charge in [-0.05, 0) is 15.9 Å². The van der Waals surface area contributed by atoms with Crippen molar-refractivity contribution in [3.05, 3.63) is 10.7 Å². The smallest absolute Gasteiger partial charge is 0.224 e. The van der Waals surface area contributed by atoms with Crippen LogP contribution >= 0.6 is 15.9 Å². The number of hydrogen-bond donors (Lipinski definition) is 1. The van der Waals surface area contributed by atoms with Gasteiger partial charge in [0, 0.05) is 6.07 Å². The zero-order chi connectivity index (χ0) is 8.97. The van der Waals surface area contributed by atoms with E-state index in [9.17, 15) is 0 Å². The second-order valence-electron chi connectivity index (χ2n) is 1.88. The van der Waals surface area contributed by atoms with E-state index < -0.39 is 0 Å². The zero-order valence-corrected chi connectivity index (χ0v) is 7.71. The SMILES string of the molecule is C#CCOc1cc(Br)nc(N)n1. The molecular weight excluding hydrogens is 222 g/mol. The van der Waals surface area contributed by atoms with Crippen molar-refractivity contribution in [1.82, 2.24) is 9.97 Å². The number of rotatable bonds is 2. The lowest BCUT2D eigenvalue weighted by molar-refractivity contribution is 0.355. The first-order chi connectivity index (χ1) is 5.72. The molecule has 4 nitrogen and oxygen atoms in total. The average Bonchev–Trinajstić information content (AvgIpc) is 1.99. The highest BCUT2D eigenvalue weighted by atomic mass is 79.9. The number of hydrogen-bond acceptors (Lipinski definition) is 4. The normalized spacial score (nSPS) is 9.00. The first kappa shape index (κ1) is 8.81. The molecule has 5 heteroatoms. The van der Waals surface area contributed by atoms with Crippen LogP contribution in [0.5, 0.6) is 5.88 Å². The summed E-state index contributed by atoms with van der Waals surface area (Å²) in [6, 6.07) is 1.59. The Kier molecular flexibility index (Phi) is 2.88. The molecule has 0 spiro atoms. The molecular formula is C7H6BrN3O. The lowest BCUT2D eigenvalue weighted by atomic mass is 10.6. The van der Waals surface area contributed by atoms with Crippen LogP contribution in [0.1, 0.15) is 0 Å². The molecule has 62 valence electrons. The largest absolute Gasteiger partial charge is 0.464 e. The van der Waals surface area contributed by atoms with Gasteiger partial charge in [-0.2, -0.15) is 4.98 Å². The topological polar surface area (TPSA) is 61.0 Å². The fourth-order valence-corrected chi connectivity index (χ4v) is 0.981. The maximum atomic E-state index is 5.35. The van der Waals surface area contributed by atoms with Crippen LogP contribution in [0.15, 0.2) is 10.7 Å². The average molecular weight is 228 g/mol. The predicted molar refractivity (Wildman–Crippen MR) is 48.5 cm³/mol. The molecule has 0 radical (unpaired) electrons. The number of ether oxygens (including phenoxy) is 1. The molecule has 0 atom stereocenters. The van der Waals surface area contributed by atoms with Gasteiger partial charge in [0.2, 0.25) is 11.8 Å². The van der Waals surface area contributed by atoms with Gasteiger partial charge >= 0.3 is 0 Å². The molecule has 0 aliphatic heterocycles. The van der Waals surface area contributed by atoms with Gasteiger partial charge < -0.3 is 10.5 Å². The molecule has 1 rings (SSSR count). The molecule has 0 aromatic carbocycles. The molecule has 0 unspecified atom stereocenters. The van der Waals surface area contributed by atoms with E-state index in [0.29, 0.717) is 10.5 Å². The molecule has 0 bridgehead atoms. The van der Waals surface area contributed by atoms with E-state index >= 15 is 0 Å². The first-order valence-electron chi connectivity index (χ1n) is 3.08. The Labute approximate surface area is 78.3 Å². The Morgan fingerprint density at radius 1 is 1.67 bits per heavy atom. The molecule has 0 fully saturated rings. The van der Waals surface area contributed by atoms with Crippen molar-refractivity contribution in [1.29, 1.82) is 0 Å². The summed E-state index contributed by atoms with van der Waals surface area (Å²) in [6.07, 6.45) is 4.99. The fourth-order valence-electron chi connectivity index (χ4n) is 0.603. The highest BCUT2D eigenvalue weighted by Crippen LogP contribution is 2.14. The van der Waals surface area contributed by atoms with Crippen molar-refractivity contribution in [2.24, 2.45) is 0 Å². The zero-order valence-electron chi connectivity index (χ0n) is 6.12. The third-order valence-electron chi connectivity index (χ3n) is 0.992. The van der Waals surface area contributed by atoms with Crippen LogP contribution < -0.4 is 10.5 Å². The van der Waals surface area contributed by atoms with E-state index in [1.165, 1.54) is 0 Å². The highest BCUT2D eigenvalue weighted by molar-refractivity contribution is 9.10. The summed E-state index contributed by atoms with van der Waals surface area (Å²) in [6.45, 7) is 0.170. The number of halogens is 1. The number of nitrogen functional groups attached to an aromatic ring is 1. The third-order valence-corrected chi connectivity index (χ3v) is 1.40. The molecule has 0 aliphatic rings. The maximum Gasteiger partial charge on any atom is 0.224 e. The van der Waals surface area contributed by atoms with Crippen LogP contribution in [-0.4, -0.2) is 16.6 Å². The van der Waals surface area contributed by atoms with Crippen LogP contribution in [0.25, 0.3) is 0 Å². The second kappa shape index (κ2) is 3.93. The minimum atomic E-state index is 0.149. The summed E-state index contributed by atoms with van der Waals surface area (Å²) < 4.78 is 5.59. The van der Waals surface area contributed by atoms with Gasteiger partial charge in [-0.1, -0.05) is 5.92 Å². The van der Waals surface area contributed by atoms with Crippen molar-refractivity contribution in [2.75, 3.05) is 12.3 Å². The van der Waals surface area contributed by atoms with Gasteiger partial charge in [0.1, 0.15) is 4.60 Å². The fraction of sp³-hybridized carbons (Fsp3) is 0.143. The van der Waals surface area contributed by atoms with Gasteiger partial charge in [-0.3, -0.25) is 0 Å². The van der Waals surface area contributed by atoms with E-state index in [1.807, 2.05) is 0 Å². The number of nitrogens with two attached hydrogens (primary N) is 1. The summed E-state index contributed by atoms with van der Waals surface area (Å²) in [5.41, 5.74) is 5.35. The quantitative estimate of drug-likeness (QED) is 0.601. The summed E-state index contributed by atoms with van der Waals surface area (Å²) >= 11 is 3.14. The van der Waals surface area contributed by atoms with Crippen LogP contribution in [0.2, 0.25) is 0 Å². The van der Waals surface area contributed by atoms with Crippen molar-refractivity contribution in [3.8, 4) is 18.2 Å². The number of terminal acetylenes is 1. The minimum absolute atomic E-state index is 0.149. The van der Waals surface area contributed by atoms with Crippen molar-refractivity contribution in [3.63, 3.8) is 0 Å². The van der Waals surface area contributed by atoms with Gasteiger partial charge in [0.15, 0.2) is 6.61 Å². The lowest BCUT2D eigenvalue weighted by Gasteiger charge is -2.01. The predicted octanol–water partition coefficient (Wildman–Crippen LogP) is 0.833.